The smallest absolute Gasteiger partial charge is 0.332 e. The van der Waals surface area contributed by atoms with Crippen molar-refractivity contribution in [1.29, 1.82) is 0 Å². The van der Waals surface area contributed by atoms with Gasteiger partial charge in [-0.15, -0.1) is 0 Å². The number of methoxy groups -OCH3 is 1. The molecule has 2 rings (SSSR count). The van der Waals surface area contributed by atoms with E-state index in [4.69, 9.17) is 22.7 Å². The fraction of sp³-hybridized carbons (Fsp3) is 0.0769. The fourth-order valence-corrected chi connectivity index (χ4v) is 2.13. The Labute approximate surface area is 135 Å². The highest BCUT2D eigenvalue weighted by Crippen LogP contribution is 2.26. The van der Waals surface area contributed by atoms with E-state index in [1.807, 2.05) is 5.43 Å². The highest BCUT2D eigenvalue weighted by molar-refractivity contribution is 7.71. The van der Waals surface area contributed by atoms with Crippen molar-refractivity contribution >= 4 is 24.5 Å². The van der Waals surface area contributed by atoms with Gasteiger partial charge >= 0.3 is 6.03 Å². The largest absolute Gasteiger partial charge is 0.495 e. The zero-order valence-corrected chi connectivity index (χ0v) is 12.8. The Morgan fingerprint density at radius 2 is 2.22 bits per heavy atom. The van der Waals surface area contributed by atoms with Gasteiger partial charge in [0, 0.05) is 0 Å². The van der Waals surface area contributed by atoms with Crippen molar-refractivity contribution < 1.29 is 14.6 Å². The van der Waals surface area contributed by atoms with Crippen LogP contribution in [0.5, 0.6) is 11.6 Å². The highest BCUT2D eigenvalue weighted by atomic mass is 32.1. The lowest BCUT2D eigenvalue weighted by atomic mass is 10.2. The number of para-hydroxylation sites is 2. The number of rotatable bonds is 4. The van der Waals surface area contributed by atoms with Crippen LogP contribution in [-0.4, -0.2) is 34.0 Å². The lowest BCUT2D eigenvalue weighted by molar-refractivity contribution is 0.249. The molecule has 1 aromatic heterocycles. The van der Waals surface area contributed by atoms with E-state index in [0.717, 1.165) is 6.21 Å². The first-order chi connectivity index (χ1) is 11.0. The maximum Gasteiger partial charge on any atom is 0.332 e. The van der Waals surface area contributed by atoms with Crippen LogP contribution in [0.4, 0.5) is 4.79 Å². The van der Waals surface area contributed by atoms with Crippen molar-refractivity contribution in [3.63, 3.8) is 0 Å². The van der Waals surface area contributed by atoms with Gasteiger partial charge in [0.05, 0.1) is 19.0 Å². The summed E-state index contributed by atoms with van der Waals surface area (Å²) in [5.74, 6) is -0.0256. The molecule has 0 saturated carbocycles. The van der Waals surface area contributed by atoms with Crippen LogP contribution in [0.2, 0.25) is 0 Å². The van der Waals surface area contributed by atoms with E-state index in [9.17, 15) is 14.7 Å². The van der Waals surface area contributed by atoms with E-state index in [1.165, 1.54) is 11.7 Å². The number of hydrogen-bond acceptors (Lipinski definition) is 6. The summed E-state index contributed by atoms with van der Waals surface area (Å²) in [6, 6.07) is 5.87. The van der Waals surface area contributed by atoms with Crippen LogP contribution >= 0.6 is 12.2 Å². The van der Waals surface area contributed by atoms with Crippen molar-refractivity contribution in [3.8, 4) is 17.3 Å². The normalized spacial score (nSPS) is 10.7. The molecule has 0 aliphatic rings. The Morgan fingerprint density at radius 1 is 1.52 bits per heavy atom. The topological polar surface area (TPSA) is 135 Å². The number of carbonyl (C=O) groups is 1. The van der Waals surface area contributed by atoms with E-state index in [-0.39, 0.29) is 10.3 Å². The van der Waals surface area contributed by atoms with Gasteiger partial charge in [-0.3, -0.25) is 14.3 Å². The number of H-pyrrole nitrogens is 1. The number of aromatic nitrogens is 2. The van der Waals surface area contributed by atoms with E-state index in [2.05, 4.69) is 10.1 Å². The number of ether oxygens (including phenoxy) is 1. The van der Waals surface area contributed by atoms with Gasteiger partial charge < -0.3 is 15.6 Å². The number of carbonyl (C=O) groups excluding carboxylic acids is 1. The monoisotopic (exact) mass is 335 g/mol. The standard InChI is InChI=1S/C13H13N5O4S/c1-22-9-5-3-2-4-8(9)18-11(20)7(6-15-17-12(14)21)10(19)16-13(18)23/h2-6,20H,1H3,(H3,14,17,21)(H,16,19,23). The molecule has 0 atom stereocenters. The first kappa shape index (κ1) is 16.2. The molecule has 0 spiro atoms. The van der Waals surface area contributed by atoms with Gasteiger partial charge in [-0.05, 0) is 24.4 Å². The van der Waals surface area contributed by atoms with Gasteiger partial charge in [0.1, 0.15) is 11.3 Å². The Kier molecular flexibility index (Phi) is 4.76. The number of nitrogens with two attached hydrogens (primary N) is 1. The summed E-state index contributed by atoms with van der Waals surface area (Å²) >= 11 is 5.09. The fourth-order valence-electron chi connectivity index (χ4n) is 1.85. The first-order valence-electron chi connectivity index (χ1n) is 6.26. The third-order valence-corrected chi connectivity index (χ3v) is 3.10. The first-order valence-corrected chi connectivity index (χ1v) is 6.66. The highest BCUT2D eigenvalue weighted by Gasteiger charge is 2.15. The number of aromatic hydroxyl groups is 1. The maximum atomic E-state index is 11.9. The van der Waals surface area contributed by atoms with Crippen molar-refractivity contribution in [2.75, 3.05) is 7.11 Å². The number of nitrogens with zero attached hydrogens (tertiary/aromatic N) is 2. The van der Waals surface area contributed by atoms with Crippen molar-refractivity contribution in [1.82, 2.24) is 15.0 Å². The second-order valence-electron chi connectivity index (χ2n) is 4.24. The van der Waals surface area contributed by atoms with Gasteiger partial charge in [0.15, 0.2) is 4.77 Å². The summed E-state index contributed by atoms with van der Waals surface area (Å²) in [7, 11) is 1.46. The lowest BCUT2D eigenvalue weighted by Crippen LogP contribution is -2.25. The van der Waals surface area contributed by atoms with Crippen molar-refractivity contribution in [2.45, 2.75) is 0 Å². The molecule has 2 aromatic rings. The zero-order valence-electron chi connectivity index (χ0n) is 11.9. The third-order valence-electron chi connectivity index (χ3n) is 2.82. The molecular formula is C13H13N5O4S. The summed E-state index contributed by atoms with van der Waals surface area (Å²) in [6.45, 7) is 0. The molecule has 1 heterocycles. The van der Waals surface area contributed by atoms with Crippen molar-refractivity contribution in [2.24, 2.45) is 10.8 Å². The Hall–Kier alpha value is -3.14. The minimum Gasteiger partial charge on any atom is -0.495 e. The van der Waals surface area contributed by atoms with Gasteiger partial charge in [-0.25, -0.2) is 10.2 Å². The number of benzene rings is 1. The Morgan fingerprint density at radius 3 is 2.87 bits per heavy atom. The zero-order chi connectivity index (χ0) is 17.0. The second-order valence-corrected chi connectivity index (χ2v) is 4.62. The Balaban J connectivity index is 2.66. The minimum absolute atomic E-state index is 0.0305. The van der Waals surface area contributed by atoms with Crippen LogP contribution in [0.15, 0.2) is 34.2 Å². The molecular weight excluding hydrogens is 322 g/mol. The second kappa shape index (κ2) is 6.75. The van der Waals surface area contributed by atoms with Gasteiger partial charge in [-0.2, -0.15) is 5.10 Å². The van der Waals surface area contributed by atoms with E-state index < -0.39 is 17.5 Å². The molecule has 0 aliphatic heterocycles. The summed E-state index contributed by atoms with van der Waals surface area (Å²) in [4.78, 5) is 24.9. The van der Waals surface area contributed by atoms with Crippen LogP contribution in [0.3, 0.4) is 0 Å². The molecule has 10 heteroatoms. The number of amides is 2. The SMILES string of the molecule is COc1ccccc1-n1c(O)c(C=NNC(N)=O)c(=O)[nH]c1=S. The molecule has 0 bridgehead atoms. The number of nitrogens with one attached hydrogen (secondary N) is 2. The van der Waals surface area contributed by atoms with E-state index in [1.54, 1.807) is 24.3 Å². The molecule has 23 heavy (non-hydrogen) atoms. The summed E-state index contributed by atoms with van der Waals surface area (Å²) in [5.41, 5.74) is 6.33. The number of urea groups is 1. The average molecular weight is 335 g/mol. The summed E-state index contributed by atoms with van der Waals surface area (Å²) in [6.07, 6.45) is 0.958. The summed E-state index contributed by atoms with van der Waals surface area (Å²) < 4.78 is 6.39. The minimum atomic E-state index is -0.908. The number of hydrazone groups is 1. The number of aromatic amines is 1. The van der Waals surface area contributed by atoms with Crippen molar-refractivity contribution in [3.05, 3.63) is 45.0 Å². The molecule has 0 saturated heterocycles. The lowest BCUT2D eigenvalue weighted by Gasteiger charge is -2.14. The molecule has 5 N–H and O–H groups in total. The molecule has 0 unspecified atom stereocenters. The molecule has 2 amide bonds. The average Bonchev–Trinajstić information content (AvgIpc) is 2.50. The molecule has 0 fully saturated rings. The predicted octanol–water partition coefficient (Wildman–Crippen LogP) is 0.611. The van der Waals surface area contributed by atoms with E-state index in [0.29, 0.717) is 11.4 Å². The number of primary amides is 1. The molecule has 0 aliphatic carbocycles. The maximum absolute atomic E-state index is 11.9. The van der Waals surface area contributed by atoms with Crippen LogP contribution in [0.1, 0.15) is 5.56 Å². The predicted molar refractivity (Wildman–Crippen MR) is 85.8 cm³/mol. The van der Waals surface area contributed by atoms with Crippen LogP contribution < -0.4 is 21.5 Å². The molecule has 0 radical (unpaired) electrons. The van der Waals surface area contributed by atoms with Gasteiger partial charge in [-0.1, -0.05) is 12.1 Å². The van der Waals surface area contributed by atoms with Crippen LogP contribution in [-0.2, 0) is 0 Å². The van der Waals surface area contributed by atoms with Gasteiger partial charge in [0.2, 0.25) is 5.88 Å². The molecule has 9 nitrogen and oxygen atoms in total. The van der Waals surface area contributed by atoms with Crippen LogP contribution in [0, 0.1) is 4.77 Å². The quantitative estimate of drug-likeness (QED) is 0.369. The number of hydrogen-bond donors (Lipinski definition) is 4. The van der Waals surface area contributed by atoms with Gasteiger partial charge in [0.25, 0.3) is 5.56 Å². The van der Waals surface area contributed by atoms with Crippen LogP contribution in [0.25, 0.3) is 5.69 Å². The Bertz CT molecular complexity index is 887. The summed E-state index contributed by atoms with van der Waals surface area (Å²) in [5, 5.41) is 13.8. The molecule has 1 aromatic carbocycles. The third kappa shape index (κ3) is 3.37. The van der Waals surface area contributed by atoms with E-state index >= 15 is 0 Å². The molecule has 120 valence electrons.